The summed E-state index contributed by atoms with van der Waals surface area (Å²) in [4.78, 5) is 38.2. The molecular formula is C61H112O6. The Morgan fingerprint density at radius 1 is 0.284 bits per heavy atom. The van der Waals surface area contributed by atoms with Crippen molar-refractivity contribution < 1.29 is 28.6 Å². The molecule has 0 amide bonds. The van der Waals surface area contributed by atoms with E-state index in [4.69, 9.17) is 14.2 Å². The lowest BCUT2D eigenvalue weighted by Crippen LogP contribution is -2.30. The molecule has 0 spiro atoms. The summed E-state index contributed by atoms with van der Waals surface area (Å²) in [7, 11) is 0. The van der Waals surface area contributed by atoms with Crippen molar-refractivity contribution in [2.45, 2.75) is 322 Å². The molecule has 0 rings (SSSR count). The zero-order valence-electron chi connectivity index (χ0n) is 44.9. The second-order valence-corrected chi connectivity index (χ2v) is 19.9. The van der Waals surface area contributed by atoms with E-state index in [0.717, 1.165) is 57.8 Å². The van der Waals surface area contributed by atoms with Gasteiger partial charge < -0.3 is 14.2 Å². The van der Waals surface area contributed by atoms with Gasteiger partial charge in [0.15, 0.2) is 6.10 Å². The van der Waals surface area contributed by atoms with Crippen molar-refractivity contribution in [3.8, 4) is 0 Å². The number of ether oxygens (including phenoxy) is 3. The summed E-state index contributed by atoms with van der Waals surface area (Å²) in [5.41, 5.74) is 0. The second kappa shape index (κ2) is 56.2. The normalized spacial score (nSPS) is 11.8. The van der Waals surface area contributed by atoms with Crippen molar-refractivity contribution in [3.63, 3.8) is 0 Å². The molecule has 0 aliphatic carbocycles. The third-order valence-electron chi connectivity index (χ3n) is 13.1. The molecule has 0 saturated heterocycles. The number of hydrogen-bond donors (Lipinski definition) is 0. The van der Waals surface area contributed by atoms with Gasteiger partial charge in [-0.3, -0.25) is 14.4 Å². The van der Waals surface area contributed by atoms with Crippen LogP contribution in [0.2, 0.25) is 0 Å². The average Bonchev–Trinajstić information content (AvgIpc) is 3.33. The van der Waals surface area contributed by atoms with Gasteiger partial charge in [-0.25, -0.2) is 0 Å². The summed E-state index contributed by atoms with van der Waals surface area (Å²) in [5.74, 6) is -0.871. The molecule has 0 saturated carbocycles. The van der Waals surface area contributed by atoms with Crippen molar-refractivity contribution in [1.29, 1.82) is 0 Å². The molecule has 0 unspecified atom stereocenters. The number of hydrogen-bond acceptors (Lipinski definition) is 6. The summed E-state index contributed by atoms with van der Waals surface area (Å²) in [6, 6.07) is 0. The van der Waals surface area contributed by atoms with Crippen LogP contribution in [-0.4, -0.2) is 37.2 Å². The molecule has 0 fully saturated rings. The van der Waals surface area contributed by atoms with Crippen LogP contribution in [0.4, 0.5) is 0 Å². The predicted octanol–water partition coefficient (Wildman–Crippen LogP) is 19.7. The highest BCUT2D eigenvalue weighted by molar-refractivity contribution is 5.71. The zero-order chi connectivity index (χ0) is 48.6. The quantitative estimate of drug-likeness (QED) is 0.0262. The number of carbonyl (C=O) groups excluding carboxylic acids is 3. The van der Waals surface area contributed by atoms with Gasteiger partial charge in [0, 0.05) is 19.3 Å². The number of allylic oxidation sites excluding steroid dienone is 6. The first kappa shape index (κ1) is 64.6. The third-order valence-corrected chi connectivity index (χ3v) is 13.1. The maximum absolute atomic E-state index is 12.9. The Labute approximate surface area is 416 Å². The van der Waals surface area contributed by atoms with Crippen LogP contribution in [0.3, 0.4) is 0 Å². The molecule has 0 aliphatic rings. The Morgan fingerprint density at radius 2 is 0.493 bits per heavy atom. The molecule has 392 valence electrons. The van der Waals surface area contributed by atoms with Gasteiger partial charge >= 0.3 is 17.9 Å². The Hall–Kier alpha value is -2.37. The van der Waals surface area contributed by atoms with Crippen LogP contribution in [0, 0.1) is 0 Å². The molecule has 0 bridgehead atoms. The molecular weight excluding hydrogens is 829 g/mol. The number of carbonyl (C=O) groups is 3. The monoisotopic (exact) mass is 941 g/mol. The highest BCUT2D eigenvalue weighted by atomic mass is 16.6. The van der Waals surface area contributed by atoms with Crippen LogP contribution in [0.15, 0.2) is 36.5 Å². The summed E-state index contributed by atoms with van der Waals surface area (Å²) in [5, 5.41) is 0. The highest BCUT2D eigenvalue weighted by Crippen LogP contribution is 2.16. The SMILES string of the molecule is CCCCCC/C=C\CCCCCCCCCC(=O)OC(COC(=O)CCCCCCCCC/C=C\CCCCCCCC)COC(=O)CCCCCCCCC/C=C\CCCCCCCC. The van der Waals surface area contributed by atoms with E-state index in [0.29, 0.717) is 19.3 Å². The fourth-order valence-corrected chi connectivity index (χ4v) is 8.60. The predicted molar refractivity (Wildman–Crippen MR) is 289 cm³/mol. The minimum Gasteiger partial charge on any atom is -0.462 e. The van der Waals surface area contributed by atoms with Gasteiger partial charge in [0.2, 0.25) is 0 Å². The van der Waals surface area contributed by atoms with Crippen molar-refractivity contribution in [3.05, 3.63) is 36.5 Å². The van der Waals surface area contributed by atoms with Crippen molar-refractivity contribution >= 4 is 17.9 Å². The molecule has 0 aliphatic heterocycles. The molecule has 0 N–H and O–H groups in total. The van der Waals surface area contributed by atoms with Gasteiger partial charge in [0.1, 0.15) is 13.2 Å². The fourth-order valence-electron chi connectivity index (χ4n) is 8.60. The van der Waals surface area contributed by atoms with Gasteiger partial charge in [-0.2, -0.15) is 0 Å². The van der Waals surface area contributed by atoms with E-state index in [1.54, 1.807) is 0 Å². The first-order valence-corrected chi connectivity index (χ1v) is 29.5. The molecule has 0 heterocycles. The van der Waals surface area contributed by atoms with Crippen LogP contribution in [0.1, 0.15) is 316 Å². The van der Waals surface area contributed by atoms with Crippen LogP contribution in [-0.2, 0) is 28.6 Å². The van der Waals surface area contributed by atoms with E-state index >= 15 is 0 Å². The van der Waals surface area contributed by atoms with Crippen molar-refractivity contribution in [2.24, 2.45) is 0 Å². The molecule has 0 radical (unpaired) electrons. The number of rotatable bonds is 54. The average molecular weight is 942 g/mol. The minimum absolute atomic E-state index is 0.0752. The third kappa shape index (κ3) is 54.4. The summed E-state index contributed by atoms with van der Waals surface area (Å²) in [6.45, 7) is 6.65. The molecule has 0 atom stereocenters. The lowest BCUT2D eigenvalue weighted by molar-refractivity contribution is -0.167. The fraction of sp³-hybridized carbons (Fsp3) is 0.852. The first-order chi connectivity index (χ1) is 33.0. The van der Waals surface area contributed by atoms with Gasteiger partial charge in [-0.05, 0) is 96.3 Å². The summed E-state index contributed by atoms with van der Waals surface area (Å²) in [6.07, 6.45) is 67.0. The van der Waals surface area contributed by atoms with E-state index in [9.17, 15) is 14.4 Å². The van der Waals surface area contributed by atoms with Crippen molar-refractivity contribution in [2.75, 3.05) is 13.2 Å². The van der Waals surface area contributed by atoms with E-state index in [2.05, 4.69) is 57.2 Å². The van der Waals surface area contributed by atoms with Crippen LogP contribution in [0.5, 0.6) is 0 Å². The second-order valence-electron chi connectivity index (χ2n) is 19.9. The van der Waals surface area contributed by atoms with Gasteiger partial charge in [0.25, 0.3) is 0 Å². The minimum atomic E-state index is -0.776. The van der Waals surface area contributed by atoms with Gasteiger partial charge in [-0.1, -0.05) is 237 Å². The molecule has 6 heteroatoms. The van der Waals surface area contributed by atoms with E-state index in [1.165, 1.54) is 218 Å². The smallest absolute Gasteiger partial charge is 0.306 e. The number of esters is 3. The zero-order valence-corrected chi connectivity index (χ0v) is 44.9. The molecule has 0 aromatic rings. The lowest BCUT2D eigenvalue weighted by atomic mass is 10.1. The van der Waals surface area contributed by atoms with Crippen LogP contribution in [0.25, 0.3) is 0 Å². The standard InChI is InChI=1S/C61H112O6/c1-4-7-10-13-16-19-22-25-28-30-33-35-38-41-44-47-50-53-59(62)65-56-58(67-61(64)55-52-49-46-43-40-37-32-27-24-21-18-15-12-9-6-3)57-66-60(63)54-51-48-45-42-39-36-34-31-29-26-23-20-17-14-11-8-5-2/h21,24-26,28-29,58H,4-20,22-23,27,30-57H2,1-3H3/b24-21-,28-25-,29-26-. The van der Waals surface area contributed by atoms with E-state index in [1.807, 2.05) is 0 Å². The highest BCUT2D eigenvalue weighted by Gasteiger charge is 2.19. The summed E-state index contributed by atoms with van der Waals surface area (Å²) < 4.78 is 16.9. The first-order valence-electron chi connectivity index (χ1n) is 29.5. The van der Waals surface area contributed by atoms with Gasteiger partial charge in [0.05, 0.1) is 0 Å². The van der Waals surface area contributed by atoms with Crippen LogP contribution >= 0.6 is 0 Å². The Kier molecular flexibility index (Phi) is 54.2. The lowest BCUT2D eigenvalue weighted by Gasteiger charge is -2.18. The maximum Gasteiger partial charge on any atom is 0.306 e. The molecule has 0 aromatic carbocycles. The largest absolute Gasteiger partial charge is 0.462 e. The van der Waals surface area contributed by atoms with Crippen LogP contribution < -0.4 is 0 Å². The van der Waals surface area contributed by atoms with E-state index in [-0.39, 0.29) is 31.1 Å². The topological polar surface area (TPSA) is 78.9 Å². The number of unbranched alkanes of at least 4 members (excludes halogenated alkanes) is 37. The van der Waals surface area contributed by atoms with Crippen molar-refractivity contribution in [1.82, 2.24) is 0 Å². The van der Waals surface area contributed by atoms with E-state index < -0.39 is 6.10 Å². The molecule has 67 heavy (non-hydrogen) atoms. The molecule has 0 aromatic heterocycles. The summed E-state index contributed by atoms with van der Waals surface area (Å²) >= 11 is 0. The Balaban J connectivity index is 4.36. The Morgan fingerprint density at radius 3 is 0.761 bits per heavy atom. The molecule has 6 nitrogen and oxygen atoms in total. The maximum atomic E-state index is 12.9. The van der Waals surface area contributed by atoms with Gasteiger partial charge in [-0.15, -0.1) is 0 Å². The Bertz CT molecular complexity index is 1070.